The summed E-state index contributed by atoms with van der Waals surface area (Å²) < 4.78 is 0. The van der Waals surface area contributed by atoms with Crippen molar-refractivity contribution in [1.82, 2.24) is 0 Å². The fourth-order valence-corrected chi connectivity index (χ4v) is 3.39. The second-order valence-corrected chi connectivity index (χ2v) is 5.15. The van der Waals surface area contributed by atoms with Crippen LogP contribution < -0.4 is 5.73 Å². The van der Waals surface area contributed by atoms with E-state index >= 15 is 0 Å². The maximum absolute atomic E-state index is 9.59. The summed E-state index contributed by atoms with van der Waals surface area (Å²) >= 11 is 0. The summed E-state index contributed by atoms with van der Waals surface area (Å²) in [4.78, 5) is 0. The Morgan fingerprint density at radius 1 is 1.19 bits per heavy atom. The quantitative estimate of drug-likeness (QED) is 0.803. The van der Waals surface area contributed by atoms with Crippen LogP contribution in [0.3, 0.4) is 0 Å². The molecule has 0 saturated heterocycles. The van der Waals surface area contributed by atoms with E-state index in [9.17, 15) is 5.11 Å². The number of hydrogen-bond acceptors (Lipinski definition) is 2. The number of aromatic hydroxyl groups is 1. The zero-order valence-electron chi connectivity index (χ0n) is 10.2. The summed E-state index contributed by atoms with van der Waals surface area (Å²) in [6.07, 6.45) is 4.93. The van der Waals surface area contributed by atoms with Crippen LogP contribution in [0.15, 0.2) is 12.1 Å². The predicted molar refractivity (Wildman–Crippen MR) is 66.8 cm³/mol. The number of rotatable bonds is 2. The Hall–Kier alpha value is -1.02. The Bertz CT molecular complexity index is 369. The lowest BCUT2D eigenvalue weighted by Gasteiger charge is -2.31. The monoisotopic (exact) mass is 219 g/mol. The van der Waals surface area contributed by atoms with Gasteiger partial charge in [-0.2, -0.15) is 0 Å². The zero-order chi connectivity index (χ0) is 11.8. The summed E-state index contributed by atoms with van der Waals surface area (Å²) in [6, 6.07) is 3.72. The van der Waals surface area contributed by atoms with Crippen LogP contribution in [0.4, 0.5) is 0 Å². The standard InChI is InChI=1S/C14H21NO/c1-10-7-12(16)8-11(2)13(10)14(9-15)5-3-4-6-14/h7-8,16H,3-6,9,15H2,1-2H3. The summed E-state index contributed by atoms with van der Waals surface area (Å²) in [5.74, 6) is 0.365. The normalized spacial score (nSPS) is 18.9. The fraction of sp³-hybridized carbons (Fsp3) is 0.571. The van der Waals surface area contributed by atoms with Crippen LogP contribution in [0, 0.1) is 13.8 Å². The average molecular weight is 219 g/mol. The van der Waals surface area contributed by atoms with Gasteiger partial charge in [0.1, 0.15) is 5.75 Å². The molecule has 0 aromatic heterocycles. The van der Waals surface area contributed by atoms with Gasteiger partial charge in [-0.25, -0.2) is 0 Å². The van der Waals surface area contributed by atoms with Crippen molar-refractivity contribution < 1.29 is 5.11 Å². The van der Waals surface area contributed by atoms with E-state index in [-0.39, 0.29) is 5.41 Å². The van der Waals surface area contributed by atoms with Crippen molar-refractivity contribution in [1.29, 1.82) is 0 Å². The topological polar surface area (TPSA) is 46.2 Å². The highest BCUT2D eigenvalue weighted by Gasteiger charge is 2.36. The molecule has 0 atom stereocenters. The van der Waals surface area contributed by atoms with Gasteiger partial charge in [0.15, 0.2) is 0 Å². The number of nitrogens with two attached hydrogens (primary N) is 1. The third kappa shape index (κ3) is 1.71. The molecule has 1 aromatic rings. The van der Waals surface area contributed by atoms with Crippen molar-refractivity contribution in [2.24, 2.45) is 5.73 Å². The molecule has 1 aliphatic rings. The molecule has 2 heteroatoms. The second-order valence-electron chi connectivity index (χ2n) is 5.15. The first-order chi connectivity index (χ1) is 7.59. The molecule has 0 unspecified atom stereocenters. The third-order valence-corrected chi connectivity index (χ3v) is 4.00. The van der Waals surface area contributed by atoms with Crippen molar-refractivity contribution in [2.45, 2.75) is 44.9 Å². The number of benzene rings is 1. The molecule has 0 spiro atoms. The number of aryl methyl sites for hydroxylation is 2. The lowest BCUT2D eigenvalue weighted by molar-refractivity contribution is 0.443. The smallest absolute Gasteiger partial charge is 0.116 e. The molecule has 88 valence electrons. The van der Waals surface area contributed by atoms with Gasteiger partial charge in [0.2, 0.25) is 0 Å². The number of phenols is 1. The molecular weight excluding hydrogens is 198 g/mol. The van der Waals surface area contributed by atoms with E-state index in [0.29, 0.717) is 5.75 Å². The van der Waals surface area contributed by atoms with Gasteiger partial charge in [0.25, 0.3) is 0 Å². The molecular formula is C14H21NO. The fourth-order valence-electron chi connectivity index (χ4n) is 3.39. The SMILES string of the molecule is Cc1cc(O)cc(C)c1C1(CN)CCCC1. The van der Waals surface area contributed by atoms with Gasteiger partial charge in [-0.3, -0.25) is 0 Å². The van der Waals surface area contributed by atoms with Crippen LogP contribution in [0.25, 0.3) is 0 Å². The van der Waals surface area contributed by atoms with E-state index < -0.39 is 0 Å². The highest BCUT2D eigenvalue weighted by atomic mass is 16.3. The molecule has 3 N–H and O–H groups in total. The molecule has 0 aliphatic heterocycles. The number of hydrogen-bond donors (Lipinski definition) is 2. The average Bonchev–Trinajstić information content (AvgIpc) is 2.66. The largest absolute Gasteiger partial charge is 0.508 e. The van der Waals surface area contributed by atoms with E-state index in [1.165, 1.54) is 42.4 Å². The van der Waals surface area contributed by atoms with E-state index in [0.717, 1.165) is 6.54 Å². The molecule has 16 heavy (non-hydrogen) atoms. The molecule has 0 radical (unpaired) electrons. The molecule has 0 heterocycles. The summed E-state index contributed by atoms with van der Waals surface area (Å²) in [7, 11) is 0. The molecule has 2 rings (SSSR count). The van der Waals surface area contributed by atoms with Gasteiger partial charge in [-0.15, -0.1) is 0 Å². The Morgan fingerprint density at radius 3 is 2.12 bits per heavy atom. The predicted octanol–water partition coefficient (Wildman–Crippen LogP) is 2.78. The van der Waals surface area contributed by atoms with Crippen LogP contribution in [0.2, 0.25) is 0 Å². The van der Waals surface area contributed by atoms with Crippen molar-refractivity contribution in [3.05, 3.63) is 28.8 Å². The van der Waals surface area contributed by atoms with Crippen LogP contribution in [-0.4, -0.2) is 11.7 Å². The van der Waals surface area contributed by atoms with Gasteiger partial charge in [-0.05, 0) is 55.5 Å². The van der Waals surface area contributed by atoms with Gasteiger partial charge >= 0.3 is 0 Å². The third-order valence-electron chi connectivity index (χ3n) is 4.00. The van der Waals surface area contributed by atoms with E-state index in [4.69, 9.17) is 5.73 Å². The van der Waals surface area contributed by atoms with Crippen LogP contribution in [-0.2, 0) is 5.41 Å². The van der Waals surface area contributed by atoms with E-state index in [2.05, 4.69) is 13.8 Å². The summed E-state index contributed by atoms with van der Waals surface area (Å²) in [6.45, 7) is 4.88. The van der Waals surface area contributed by atoms with E-state index in [1.807, 2.05) is 12.1 Å². The Morgan fingerprint density at radius 2 is 1.69 bits per heavy atom. The van der Waals surface area contributed by atoms with Crippen molar-refractivity contribution in [3.8, 4) is 5.75 Å². The van der Waals surface area contributed by atoms with Crippen molar-refractivity contribution in [2.75, 3.05) is 6.54 Å². The molecule has 1 aliphatic carbocycles. The molecule has 1 saturated carbocycles. The minimum Gasteiger partial charge on any atom is -0.508 e. The van der Waals surface area contributed by atoms with Gasteiger partial charge in [0.05, 0.1) is 0 Å². The molecule has 2 nitrogen and oxygen atoms in total. The molecule has 0 amide bonds. The van der Waals surface area contributed by atoms with Crippen molar-refractivity contribution >= 4 is 0 Å². The second kappa shape index (κ2) is 4.10. The summed E-state index contributed by atoms with van der Waals surface area (Å²) in [5.41, 5.74) is 9.93. The van der Waals surface area contributed by atoms with E-state index in [1.54, 1.807) is 0 Å². The Labute approximate surface area is 97.5 Å². The van der Waals surface area contributed by atoms with Gasteiger partial charge in [-0.1, -0.05) is 12.8 Å². The lowest BCUT2D eigenvalue weighted by atomic mass is 9.75. The maximum Gasteiger partial charge on any atom is 0.116 e. The van der Waals surface area contributed by atoms with Crippen LogP contribution >= 0.6 is 0 Å². The van der Waals surface area contributed by atoms with Crippen molar-refractivity contribution in [3.63, 3.8) is 0 Å². The first-order valence-electron chi connectivity index (χ1n) is 6.10. The maximum atomic E-state index is 9.59. The Balaban J connectivity index is 2.54. The van der Waals surface area contributed by atoms with Crippen LogP contribution in [0.5, 0.6) is 5.75 Å². The molecule has 1 fully saturated rings. The molecule has 0 bridgehead atoms. The number of phenolic OH excluding ortho intramolecular Hbond substituents is 1. The summed E-state index contributed by atoms with van der Waals surface area (Å²) in [5, 5.41) is 9.59. The first kappa shape index (κ1) is 11.5. The Kier molecular flexibility index (Phi) is 2.94. The van der Waals surface area contributed by atoms with Crippen LogP contribution in [0.1, 0.15) is 42.4 Å². The van der Waals surface area contributed by atoms with Gasteiger partial charge < -0.3 is 10.8 Å². The highest BCUT2D eigenvalue weighted by molar-refractivity contribution is 5.45. The minimum absolute atomic E-state index is 0.169. The first-order valence-corrected chi connectivity index (χ1v) is 6.10. The lowest BCUT2D eigenvalue weighted by Crippen LogP contribution is -2.33. The minimum atomic E-state index is 0.169. The highest BCUT2D eigenvalue weighted by Crippen LogP contribution is 2.43. The molecule has 1 aromatic carbocycles. The zero-order valence-corrected chi connectivity index (χ0v) is 10.2. The van der Waals surface area contributed by atoms with Gasteiger partial charge in [0, 0.05) is 12.0 Å².